The van der Waals surface area contributed by atoms with E-state index in [1.54, 1.807) is 25.7 Å². The van der Waals surface area contributed by atoms with Gasteiger partial charge in [0, 0.05) is 18.7 Å². The van der Waals surface area contributed by atoms with Gasteiger partial charge in [0.15, 0.2) is 5.65 Å². The third kappa shape index (κ3) is 3.87. The van der Waals surface area contributed by atoms with E-state index in [1.165, 1.54) is 4.57 Å². The zero-order valence-electron chi connectivity index (χ0n) is 17.3. The first-order valence-corrected chi connectivity index (χ1v) is 10.0. The Kier molecular flexibility index (Phi) is 4.97. The van der Waals surface area contributed by atoms with Crippen LogP contribution in [0, 0.1) is 0 Å². The van der Waals surface area contributed by atoms with Crippen molar-refractivity contribution in [1.82, 2.24) is 24.4 Å². The van der Waals surface area contributed by atoms with Gasteiger partial charge in [0.05, 0.1) is 6.04 Å². The number of fused-ring (bicyclic) bond motifs is 1. The van der Waals surface area contributed by atoms with E-state index >= 15 is 0 Å². The SMILES string of the molecule is CC(C)(C)OC(=O)N1CCCC(n2c(=O)[nH]c3nc(-c4ccccc4)[nH]c3c2=O)C1. The van der Waals surface area contributed by atoms with Gasteiger partial charge in [0.2, 0.25) is 0 Å². The average Bonchev–Trinajstić information content (AvgIpc) is 3.12. The molecular weight excluding hydrogens is 386 g/mol. The van der Waals surface area contributed by atoms with Gasteiger partial charge in [0.1, 0.15) is 16.9 Å². The van der Waals surface area contributed by atoms with Crippen LogP contribution >= 0.6 is 0 Å². The highest BCUT2D eigenvalue weighted by Crippen LogP contribution is 2.22. The van der Waals surface area contributed by atoms with Crippen molar-refractivity contribution >= 4 is 17.3 Å². The average molecular weight is 411 g/mol. The minimum absolute atomic E-state index is 0.222. The molecule has 3 aromatic rings. The number of rotatable bonds is 2. The lowest BCUT2D eigenvalue weighted by Gasteiger charge is -2.34. The molecule has 1 atom stereocenters. The van der Waals surface area contributed by atoms with Crippen molar-refractivity contribution in [3.63, 3.8) is 0 Å². The van der Waals surface area contributed by atoms with Crippen LogP contribution in [0.25, 0.3) is 22.6 Å². The van der Waals surface area contributed by atoms with E-state index in [9.17, 15) is 14.4 Å². The quantitative estimate of drug-likeness (QED) is 0.673. The molecule has 4 rings (SSSR count). The Morgan fingerprint density at radius 1 is 1.17 bits per heavy atom. The number of nitrogens with zero attached hydrogens (tertiary/aromatic N) is 3. The minimum atomic E-state index is -0.610. The number of aromatic amines is 2. The van der Waals surface area contributed by atoms with Crippen molar-refractivity contribution < 1.29 is 9.53 Å². The Balaban J connectivity index is 1.68. The number of imidazole rings is 1. The number of likely N-dealkylation sites (tertiary alicyclic amines) is 1. The first kappa shape index (κ1) is 19.9. The molecule has 1 aliphatic rings. The maximum absolute atomic E-state index is 13.1. The number of hydrogen-bond acceptors (Lipinski definition) is 5. The number of ether oxygens (including phenoxy) is 1. The van der Waals surface area contributed by atoms with Gasteiger partial charge in [-0.2, -0.15) is 0 Å². The second kappa shape index (κ2) is 7.47. The van der Waals surface area contributed by atoms with Crippen LogP contribution in [0.4, 0.5) is 4.79 Å². The molecule has 1 amide bonds. The smallest absolute Gasteiger partial charge is 0.410 e. The number of carbonyl (C=O) groups excluding carboxylic acids is 1. The fraction of sp³-hybridized carbons (Fsp3) is 0.429. The standard InChI is InChI=1S/C21H25N5O4/c1-21(2,3)30-20(29)25-11-7-10-14(12-25)26-18(27)15-17(24-19(26)28)23-16(22-15)13-8-5-4-6-9-13/h4-6,8-9,14H,7,10-12H2,1-3H3,(H,22,23)(H,24,28). The van der Waals surface area contributed by atoms with Crippen LogP contribution in [0.15, 0.2) is 39.9 Å². The molecule has 158 valence electrons. The maximum atomic E-state index is 13.1. The van der Waals surface area contributed by atoms with E-state index < -0.39 is 29.0 Å². The number of piperidine rings is 1. The number of hydrogen-bond donors (Lipinski definition) is 2. The van der Waals surface area contributed by atoms with Crippen molar-refractivity contribution in [3.05, 3.63) is 51.2 Å². The molecule has 0 spiro atoms. The lowest BCUT2D eigenvalue weighted by molar-refractivity contribution is 0.0169. The predicted molar refractivity (Wildman–Crippen MR) is 112 cm³/mol. The molecule has 0 radical (unpaired) electrons. The van der Waals surface area contributed by atoms with Crippen LogP contribution in [0.3, 0.4) is 0 Å². The molecule has 0 aliphatic carbocycles. The highest BCUT2D eigenvalue weighted by molar-refractivity contribution is 5.74. The Labute approximate surface area is 172 Å². The van der Waals surface area contributed by atoms with Gasteiger partial charge in [-0.05, 0) is 33.6 Å². The first-order chi connectivity index (χ1) is 14.2. The summed E-state index contributed by atoms with van der Waals surface area (Å²) < 4.78 is 6.63. The lowest BCUT2D eigenvalue weighted by Crippen LogP contribution is -2.48. The van der Waals surface area contributed by atoms with Gasteiger partial charge >= 0.3 is 11.8 Å². The first-order valence-electron chi connectivity index (χ1n) is 10.0. The topological polar surface area (TPSA) is 113 Å². The Morgan fingerprint density at radius 2 is 1.90 bits per heavy atom. The van der Waals surface area contributed by atoms with E-state index in [2.05, 4.69) is 15.0 Å². The molecule has 1 fully saturated rings. The fourth-order valence-electron chi connectivity index (χ4n) is 3.71. The molecule has 9 nitrogen and oxygen atoms in total. The largest absolute Gasteiger partial charge is 0.444 e. The highest BCUT2D eigenvalue weighted by atomic mass is 16.6. The number of carbonyl (C=O) groups is 1. The number of amides is 1. The second-order valence-electron chi connectivity index (χ2n) is 8.50. The summed E-state index contributed by atoms with van der Waals surface area (Å²) in [7, 11) is 0. The van der Waals surface area contributed by atoms with E-state index in [0.29, 0.717) is 25.2 Å². The van der Waals surface area contributed by atoms with Gasteiger partial charge in [0.25, 0.3) is 5.56 Å². The van der Waals surface area contributed by atoms with Crippen LogP contribution in [-0.4, -0.2) is 49.2 Å². The zero-order chi connectivity index (χ0) is 21.5. The van der Waals surface area contributed by atoms with E-state index in [4.69, 9.17) is 4.74 Å². The van der Waals surface area contributed by atoms with Crippen molar-refractivity contribution in [1.29, 1.82) is 0 Å². The third-order valence-corrected chi connectivity index (χ3v) is 5.04. The molecule has 1 saturated heterocycles. The molecule has 9 heteroatoms. The van der Waals surface area contributed by atoms with Gasteiger partial charge in [-0.3, -0.25) is 14.3 Å². The number of H-pyrrole nitrogens is 2. The second-order valence-corrected chi connectivity index (χ2v) is 8.50. The Hall–Kier alpha value is -3.36. The van der Waals surface area contributed by atoms with Crippen molar-refractivity contribution in [2.75, 3.05) is 13.1 Å². The highest BCUT2D eigenvalue weighted by Gasteiger charge is 2.30. The Morgan fingerprint density at radius 3 is 2.60 bits per heavy atom. The molecule has 2 aromatic heterocycles. The van der Waals surface area contributed by atoms with E-state index in [-0.39, 0.29) is 17.7 Å². The Bertz CT molecular complexity index is 1190. The van der Waals surface area contributed by atoms with Gasteiger partial charge < -0.3 is 14.6 Å². The molecule has 1 unspecified atom stereocenters. The molecule has 0 bridgehead atoms. The zero-order valence-corrected chi connectivity index (χ0v) is 17.3. The van der Waals surface area contributed by atoms with E-state index in [0.717, 1.165) is 5.56 Å². The van der Waals surface area contributed by atoms with Crippen LogP contribution in [-0.2, 0) is 4.74 Å². The van der Waals surface area contributed by atoms with Gasteiger partial charge in [-0.1, -0.05) is 30.3 Å². The van der Waals surface area contributed by atoms with Crippen LogP contribution in [0.1, 0.15) is 39.7 Å². The summed E-state index contributed by atoms with van der Waals surface area (Å²) in [5.41, 5.74) is -0.313. The van der Waals surface area contributed by atoms with Crippen molar-refractivity contribution in [2.45, 2.75) is 45.3 Å². The predicted octanol–water partition coefficient (Wildman–Crippen LogP) is 2.65. The molecule has 2 N–H and O–H groups in total. The molecule has 30 heavy (non-hydrogen) atoms. The third-order valence-electron chi connectivity index (χ3n) is 5.04. The van der Waals surface area contributed by atoms with Gasteiger partial charge in [-0.25, -0.2) is 14.6 Å². The van der Waals surface area contributed by atoms with Crippen LogP contribution in [0.2, 0.25) is 0 Å². The molecule has 1 aromatic carbocycles. The molecular formula is C21H25N5O4. The number of benzene rings is 1. The molecule has 1 aliphatic heterocycles. The normalized spacial score (nSPS) is 17.3. The summed E-state index contributed by atoms with van der Waals surface area (Å²) in [6, 6.07) is 8.94. The summed E-state index contributed by atoms with van der Waals surface area (Å²) in [6.45, 7) is 6.18. The van der Waals surface area contributed by atoms with Gasteiger partial charge in [-0.15, -0.1) is 0 Å². The molecule has 0 saturated carbocycles. The summed E-state index contributed by atoms with van der Waals surface area (Å²) in [5.74, 6) is 0.509. The maximum Gasteiger partial charge on any atom is 0.410 e. The van der Waals surface area contributed by atoms with Crippen molar-refractivity contribution in [2.24, 2.45) is 0 Å². The lowest BCUT2D eigenvalue weighted by atomic mass is 10.1. The summed E-state index contributed by atoms with van der Waals surface area (Å²) in [6.07, 6.45) is 0.852. The fourth-order valence-corrected chi connectivity index (χ4v) is 3.71. The van der Waals surface area contributed by atoms with Crippen molar-refractivity contribution in [3.8, 4) is 11.4 Å². The minimum Gasteiger partial charge on any atom is -0.444 e. The van der Waals surface area contributed by atoms with Crippen LogP contribution in [0.5, 0.6) is 0 Å². The number of aromatic nitrogens is 4. The molecule has 3 heterocycles. The van der Waals surface area contributed by atoms with E-state index in [1.807, 2.05) is 30.3 Å². The summed E-state index contributed by atoms with van der Waals surface area (Å²) in [4.78, 5) is 50.0. The summed E-state index contributed by atoms with van der Waals surface area (Å²) in [5, 5.41) is 0. The number of nitrogens with one attached hydrogen (secondary N) is 2. The summed E-state index contributed by atoms with van der Waals surface area (Å²) >= 11 is 0. The van der Waals surface area contributed by atoms with Crippen LogP contribution < -0.4 is 11.2 Å². The monoisotopic (exact) mass is 411 g/mol.